The largest absolute Gasteiger partial charge is 0.481 e. The molecule has 0 unspecified atom stereocenters. The van der Waals surface area contributed by atoms with Gasteiger partial charge in [-0.15, -0.1) is 0 Å². The van der Waals surface area contributed by atoms with Gasteiger partial charge in [0.1, 0.15) is 0 Å². The highest BCUT2D eigenvalue weighted by Crippen LogP contribution is 2.25. The van der Waals surface area contributed by atoms with Crippen LogP contribution in [-0.4, -0.2) is 35.0 Å². The number of benzene rings is 1. The summed E-state index contributed by atoms with van der Waals surface area (Å²) >= 11 is 5.84. The first-order valence-corrected chi connectivity index (χ1v) is 6.14. The zero-order valence-corrected chi connectivity index (χ0v) is 10.7. The quantitative estimate of drug-likeness (QED) is 0.893. The van der Waals surface area contributed by atoms with E-state index in [1.165, 1.54) is 0 Å². The molecule has 1 N–H and O–H groups in total. The molecule has 5 heteroatoms. The summed E-state index contributed by atoms with van der Waals surface area (Å²) in [5.41, 5.74) is 0.501. The number of carbonyl (C=O) groups excluding carboxylic acids is 1. The third kappa shape index (κ3) is 2.48. The SMILES string of the molecule is C[C@@H]1CN(C(=O)c2cccc(Cl)c2)C[C@H]1C(=O)O. The summed E-state index contributed by atoms with van der Waals surface area (Å²) in [7, 11) is 0. The Labute approximate surface area is 110 Å². The van der Waals surface area contributed by atoms with E-state index in [-0.39, 0.29) is 18.4 Å². The Morgan fingerprint density at radius 2 is 2.11 bits per heavy atom. The van der Waals surface area contributed by atoms with Gasteiger partial charge in [0.15, 0.2) is 0 Å². The number of halogens is 1. The number of carboxylic acids is 1. The molecular formula is C13H14ClNO3. The maximum atomic E-state index is 12.2. The van der Waals surface area contributed by atoms with Crippen LogP contribution in [0.25, 0.3) is 0 Å². The van der Waals surface area contributed by atoms with Gasteiger partial charge in [-0.25, -0.2) is 0 Å². The van der Waals surface area contributed by atoms with Crippen molar-refractivity contribution in [1.82, 2.24) is 4.90 Å². The van der Waals surface area contributed by atoms with Gasteiger partial charge in [-0.05, 0) is 24.1 Å². The molecule has 0 saturated carbocycles. The molecule has 1 aliphatic rings. The Morgan fingerprint density at radius 3 is 2.67 bits per heavy atom. The van der Waals surface area contributed by atoms with Crippen LogP contribution in [0.4, 0.5) is 0 Å². The van der Waals surface area contributed by atoms with Crippen molar-refractivity contribution < 1.29 is 14.7 Å². The summed E-state index contributed by atoms with van der Waals surface area (Å²) < 4.78 is 0. The van der Waals surface area contributed by atoms with Crippen LogP contribution < -0.4 is 0 Å². The van der Waals surface area contributed by atoms with Crippen molar-refractivity contribution >= 4 is 23.5 Å². The molecule has 1 fully saturated rings. The number of hydrogen-bond acceptors (Lipinski definition) is 2. The van der Waals surface area contributed by atoms with Gasteiger partial charge in [0, 0.05) is 23.7 Å². The monoisotopic (exact) mass is 267 g/mol. The highest BCUT2D eigenvalue weighted by molar-refractivity contribution is 6.30. The first-order chi connectivity index (χ1) is 8.49. The Balaban J connectivity index is 2.14. The van der Waals surface area contributed by atoms with Crippen molar-refractivity contribution in [1.29, 1.82) is 0 Å². The molecule has 2 rings (SSSR count). The molecule has 1 amide bonds. The lowest BCUT2D eigenvalue weighted by molar-refractivity contribution is -0.142. The molecule has 0 spiro atoms. The van der Waals surface area contributed by atoms with Gasteiger partial charge < -0.3 is 10.0 Å². The first-order valence-electron chi connectivity index (χ1n) is 5.76. The van der Waals surface area contributed by atoms with Crippen LogP contribution in [-0.2, 0) is 4.79 Å². The molecule has 1 aromatic rings. The molecule has 4 nitrogen and oxygen atoms in total. The fourth-order valence-electron chi connectivity index (χ4n) is 2.26. The Hall–Kier alpha value is -1.55. The van der Waals surface area contributed by atoms with E-state index < -0.39 is 11.9 Å². The maximum absolute atomic E-state index is 12.2. The van der Waals surface area contributed by atoms with E-state index >= 15 is 0 Å². The fraction of sp³-hybridized carbons (Fsp3) is 0.385. The molecule has 1 saturated heterocycles. The minimum absolute atomic E-state index is 0.0226. The summed E-state index contributed by atoms with van der Waals surface area (Å²) in [5.74, 6) is -1.50. The van der Waals surface area contributed by atoms with E-state index in [2.05, 4.69) is 0 Å². The van der Waals surface area contributed by atoms with Crippen LogP contribution in [0.15, 0.2) is 24.3 Å². The van der Waals surface area contributed by atoms with Crippen molar-refractivity contribution in [2.24, 2.45) is 11.8 Å². The van der Waals surface area contributed by atoms with Crippen LogP contribution in [0.1, 0.15) is 17.3 Å². The molecule has 96 valence electrons. The highest BCUT2D eigenvalue weighted by Gasteiger charge is 2.37. The topological polar surface area (TPSA) is 57.6 Å². The number of carboxylic acid groups (broad SMARTS) is 1. The summed E-state index contributed by atoms with van der Waals surface area (Å²) in [6, 6.07) is 6.70. The van der Waals surface area contributed by atoms with Crippen molar-refractivity contribution in [3.05, 3.63) is 34.9 Å². The van der Waals surface area contributed by atoms with E-state index in [0.717, 1.165) is 0 Å². The van der Waals surface area contributed by atoms with E-state index in [1.54, 1.807) is 29.2 Å². The number of rotatable bonds is 2. The van der Waals surface area contributed by atoms with E-state index in [4.69, 9.17) is 16.7 Å². The lowest BCUT2D eigenvalue weighted by Crippen LogP contribution is -2.29. The zero-order valence-electron chi connectivity index (χ0n) is 9.97. The Kier molecular flexibility index (Phi) is 3.57. The predicted molar refractivity (Wildman–Crippen MR) is 67.6 cm³/mol. The number of amides is 1. The molecule has 2 atom stereocenters. The van der Waals surface area contributed by atoms with Crippen LogP contribution in [0.5, 0.6) is 0 Å². The van der Waals surface area contributed by atoms with Gasteiger partial charge in [-0.1, -0.05) is 24.6 Å². The molecular weight excluding hydrogens is 254 g/mol. The minimum Gasteiger partial charge on any atom is -0.481 e. The molecule has 1 aliphatic heterocycles. The zero-order chi connectivity index (χ0) is 13.3. The maximum Gasteiger partial charge on any atom is 0.308 e. The second-order valence-electron chi connectivity index (χ2n) is 4.64. The Bertz CT molecular complexity index is 489. The van der Waals surface area contributed by atoms with Crippen molar-refractivity contribution in [2.45, 2.75) is 6.92 Å². The number of hydrogen-bond donors (Lipinski definition) is 1. The summed E-state index contributed by atoms with van der Waals surface area (Å²) in [6.45, 7) is 2.59. The van der Waals surface area contributed by atoms with E-state index in [1.807, 2.05) is 6.92 Å². The highest BCUT2D eigenvalue weighted by atomic mass is 35.5. The number of likely N-dealkylation sites (tertiary alicyclic amines) is 1. The molecule has 0 radical (unpaired) electrons. The van der Waals surface area contributed by atoms with Crippen molar-refractivity contribution in [3.8, 4) is 0 Å². The lowest BCUT2D eigenvalue weighted by atomic mass is 9.99. The lowest BCUT2D eigenvalue weighted by Gasteiger charge is -2.15. The summed E-state index contributed by atoms with van der Waals surface area (Å²) in [5, 5.41) is 9.54. The number of nitrogens with zero attached hydrogens (tertiary/aromatic N) is 1. The van der Waals surface area contributed by atoms with Crippen LogP contribution in [0.2, 0.25) is 5.02 Å². The fourth-order valence-corrected chi connectivity index (χ4v) is 2.45. The van der Waals surface area contributed by atoms with Crippen molar-refractivity contribution in [3.63, 3.8) is 0 Å². The average molecular weight is 268 g/mol. The van der Waals surface area contributed by atoms with Crippen molar-refractivity contribution in [2.75, 3.05) is 13.1 Å². The van der Waals surface area contributed by atoms with Gasteiger partial charge in [0.05, 0.1) is 5.92 Å². The van der Waals surface area contributed by atoms with E-state index in [0.29, 0.717) is 17.1 Å². The molecule has 0 aromatic heterocycles. The standard InChI is InChI=1S/C13H14ClNO3/c1-8-6-15(7-11(8)13(17)18)12(16)9-3-2-4-10(14)5-9/h2-5,8,11H,6-7H2,1H3,(H,17,18)/t8-,11-/m1/s1. The molecule has 0 bridgehead atoms. The first kappa shape index (κ1) is 12.9. The predicted octanol–water partition coefficient (Wildman–Crippen LogP) is 2.13. The van der Waals surface area contributed by atoms with Gasteiger partial charge in [-0.2, -0.15) is 0 Å². The third-order valence-corrected chi connectivity index (χ3v) is 3.52. The molecule has 18 heavy (non-hydrogen) atoms. The second-order valence-corrected chi connectivity index (χ2v) is 5.08. The molecule has 0 aliphatic carbocycles. The van der Waals surface area contributed by atoms with Gasteiger partial charge in [0.2, 0.25) is 0 Å². The smallest absolute Gasteiger partial charge is 0.308 e. The van der Waals surface area contributed by atoms with Gasteiger partial charge in [0.25, 0.3) is 5.91 Å². The average Bonchev–Trinajstić information content (AvgIpc) is 2.70. The summed E-state index contributed by atoms with van der Waals surface area (Å²) in [6.07, 6.45) is 0. The number of carbonyl (C=O) groups is 2. The third-order valence-electron chi connectivity index (χ3n) is 3.29. The number of aliphatic carboxylic acids is 1. The minimum atomic E-state index is -0.844. The van der Waals surface area contributed by atoms with Gasteiger partial charge in [-0.3, -0.25) is 9.59 Å². The van der Waals surface area contributed by atoms with E-state index in [9.17, 15) is 9.59 Å². The second kappa shape index (κ2) is 4.98. The molecule has 1 heterocycles. The normalized spacial score (nSPS) is 23.1. The van der Waals surface area contributed by atoms with Crippen LogP contribution in [0, 0.1) is 11.8 Å². The molecule has 1 aromatic carbocycles. The van der Waals surface area contributed by atoms with Crippen LogP contribution in [0.3, 0.4) is 0 Å². The van der Waals surface area contributed by atoms with Gasteiger partial charge >= 0.3 is 5.97 Å². The Morgan fingerprint density at radius 1 is 1.39 bits per heavy atom. The summed E-state index contributed by atoms with van der Waals surface area (Å²) in [4.78, 5) is 24.8. The van der Waals surface area contributed by atoms with Crippen LogP contribution >= 0.6 is 11.6 Å².